The number of carbonyl (C=O) groups excluding carboxylic acids is 2. The summed E-state index contributed by atoms with van der Waals surface area (Å²) in [6.07, 6.45) is 2.21. The third-order valence-corrected chi connectivity index (χ3v) is 4.48. The minimum atomic E-state index is -0.127. The van der Waals surface area contributed by atoms with Crippen LogP contribution < -0.4 is 0 Å². The summed E-state index contributed by atoms with van der Waals surface area (Å²) >= 11 is 2.73. The Morgan fingerprint density at radius 3 is 2.24 bits per heavy atom. The van der Waals surface area contributed by atoms with Crippen LogP contribution in [0.3, 0.4) is 0 Å². The van der Waals surface area contributed by atoms with Crippen molar-refractivity contribution in [2.45, 2.75) is 48.0 Å². The summed E-state index contributed by atoms with van der Waals surface area (Å²) in [5, 5.41) is 0. The number of fused-ring (bicyclic) bond motifs is 1. The SMILES string of the molecule is C=C1S/C(C)=C\CC(=O)c2sc(C)cc2C1=O.CC.CC. The van der Waals surface area contributed by atoms with Crippen LogP contribution in [0.15, 0.2) is 28.5 Å². The van der Waals surface area contributed by atoms with E-state index in [-0.39, 0.29) is 11.6 Å². The normalized spacial score (nSPS) is 16.9. The zero-order valence-corrected chi connectivity index (χ0v) is 15.3. The van der Waals surface area contributed by atoms with Crippen LogP contribution in [0, 0.1) is 6.92 Å². The number of aryl methyl sites for hydroxylation is 1. The van der Waals surface area contributed by atoms with E-state index in [4.69, 9.17) is 0 Å². The molecule has 1 aliphatic rings. The first-order valence-corrected chi connectivity index (χ1v) is 8.84. The highest BCUT2D eigenvalue weighted by molar-refractivity contribution is 8.07. The number of ketones is 2. The molecule has 2 nitrogen and oxygen atoms in total. The molecule has 1 aromatic heterocycles. The average molecular weight is 325 g/mol. The van der Waals surface area contributed by atoms with Gasteiger partial charge < -0.3 is 0 Å². The van der Waals surface area contributed by atoms with E-state index in [1.54, 1.807) is 6.07 Å². The minimum absolute atomic E-state index is 0.0149. The Morgan fingerprint density at radius 2 is 1.67 bits per heavy atom. The van der Waals surface area contributed by atoms with Crippen LogP contribution in [-0.2, 0) is 0 Å². The number of hydrogen-bond acceptors (Lipinski definition) is 4. The number of thiophene rings is 1. The van der Waals surface area contributed by atoms with E-state index in [9.17, 15) is 9.59 Å². The lowest BCUT2D eigenvalue weighted by Gasteiger charge is -2.02. The largest absolute Gasteiger partial charge is 0.293 e. The zero-order chi connectivity index (χ0) is 16.6. The van der Waals surface area contributed by atoms with E-state index in [1.807, 2.05) is 47.6 Å². The number of Topliss-reactive ketones (excluding diaryl/α,β-unsaturated/α-hetero) is 2. The van der Waals surface area contributed by atoms with Crippen LogP contribution in [-0.4, -0.2) is 11.6 Å². The van der Waals surface area contributed by atoms with Crippen molar-refractivity contribution in [3.8, 4) is 0 Å². The van der Waals surface area contributed by atoms with Gasteiger partial charge in [-0.25, -0.2) is 0 Å². The fraction of sp³-hybridized carbons (Fsp3) is 0.412. The molecule has 2 heterocycles. The molecule has 0 saturated heterocycles. The van der Waals surface area contributed by atoms with Gasteiger partial charge in [0.05, 0.1) is 9.78 Å². The molecular weight excluding hydrogens is 300 g/mol. The van der Waals surface area contributed by atoms with Crippen LogP contribution in [0.5, 0.6) is 0 Å². The molecule has 0 unspecified atom stereocenters. The molecule has 0 aromatic carbocycles. The second kappa shape index (κ2) is 9.74. The van der Waals surface area contributed by atoms with E-state index < -0.39 is 0 Å². The van der Waals surface area contributed by atoms with Gasteiger partial charge in [-0.3, -0.25) is 9.59 Å². The van der Waals surface area contributed by atoms with Crippen molar-refractivity contribution in [1.82, 2.24) is 0 Å². The number of allylic oxidation sites excluding steroid dienone is 3. The van der Waals surface area contributed by atoms with Gasteiger partial charge >= 0.3 is 0 Å². The van der Waals surface area contributed by atoms with Crippen LogP contribution in [0.2, 0.25) is 0 Å². The van der Waals surface area contributed by atoms with Crippen molar-refractivity contribution >= 4 is 34.7 Å². The van der Waals surface area contributed by atoms with Gasteiger partial charge in [0.25, 0.3) is 0 Å². The smallest absolute Gasteiger partial charge is 0.200 e. The lowest BCUT2D eigenvalue weighted by Crippen LogP contribution is -2.04. The molecule has 1 aromatic rings. The van der Waals surface area contributed by atoms with E-state index in [0.29, 0.717) is 21.8 Å². The van der Waals surface area contributed by atoms with Crippen molar-refractivity contribution in [1.29, 1.82) is 0 Å². The summed E-state index contributed by atoms with van der Waals surface area (Å²) in [5.74, 6) is -0.113. The quantitative estimate of drug-likeness (QED) is 0.546. The number of hydrogen-bond donors (Lipinski definition) is 0. The third kappa shape index (κ3) is 5.29. The molecule has 0 atom stereocenters. The molecule has 116 valence electrons. The van der Waals surface area contributed by atoms with E-state index in [2.05, 4.69) is 6.58 Å². The Kier molecular flexibility index (Phi) is 9.22. The van der Waals surface area contributed by atoms with Crippen LogP contribution in [0.4, 0.5) is 0 Å². The summed E-state index contributed by atoms with van der Waals surface area (Å²) in [5.41, 5.74) is 0.512. The van der Waals surface area contributed by atoms with Crippen LogP contribution in [0.1, 0.15) is 65.9 Å². The first kappa shape index (κ1) is 19.9. The summed E-state index contributed by atoms with van der Waals surface area (Å²) in [7, 11) is 0. The molecule has 0 radical (unpaired) electrons. The van der Waals surface area contributed by atoms with Crippen molar-refractivity contribution in [3.05, 3.63) is 43.8 Å². The maximum Gasteiger partial charge on any atom is 0.200 e. The molecule has 2 rings (SSSR count). The van der Waals surface area contributed by atoms with E-state index >= 15 is 0 Å². The lowest BCUT2D eigenvalue weighted by atomic mass is 10.1. The van der Waals surface area contributed by atoms with Gasteiger partial charge in [0, 0.05) is 16.9 Å². The molecule has 0 bridgehead atoms. The molecule has 0 fully saturated rings. The lowest BCUT2D eigenvalue weighted by molar-refractivity contribution is 0.0983. The van der Waals surface area contributed by atoms with Crippen molar-refractivity contribution in [3.63, 3.8) is 0 Å². The van der Waals surface area contributed by atoms with Crippen LogP contribution >= 0.6 is 23.1 Å². The molecule has 0 N–H and O–H groups in total. The molecule has 0 amide bonds. The van der Waals surface area contributed by atoms with Gasteiger partial charge in [0.2, 0.25) is 5.78 Å². The number of rotatable bonds is 0. The van der Waals surface area contributed by atoms with Gasteiger partial charge in [-0.15, -0.1) is 11.3 Å². The Hall–Kier alpha value is -1.13. The molecule has 1 aliphatic heterocycles. The van der Waals surface area contributed by atoms with Gasteiger partial charge in [0.15, 0.2) is 5.78 Å². The third-order valence-electron chi connectivity index (χ3n) is 2.47. The van der Waals surface area contributed by atoms with E-state index in [0.717, 1.165) is 9.78 Å². The Balaban J connectivity index is 0.000000921. The second-order valence-electron chi connectivity index (χ2n) is 3.90. The first-order valence-electron chi connectivity index (χ1n) is 7.21. The highest BCUT2D eigenvalue weighted by atomic mass is 32.2. The summed E-state index contributed by atoms with van der Waals surface area (Å²) in [6.45, 7) is 15.6. The first-order chi connectivity index (χ1) is 9.99. The zero-order valence-electron chi connectivity index (χ0n) is 13.7. The van der Waals surface area contributed by atoms with Gasteiger partial charge in [0.1, 0.15) is 0 Å². The minimum Gasteiger partial charge on any atom is -0.293 e. The van der Waals surface area contributed by atoms with Gasteiger partial charge in [-0.05, 0) is 24.8 Å². The van der Waals surface area contributed by atoms with Crippen LogP contribution in [0.25, 0.3) is 0 Å². The van der Waals surface area contributed by atoms with E-state index in [1.165, 1.54) is 23.1 Å². The molecule has 21 heavy (non-hydrogen) atoms. The highest BCUT2D eigenvalue weighted by Gasteiger charge is 2.23. The summed E-state index contributed by atoms with van der Waals surface area (Å²) in [6, 6.07) is 1.78. The van der Waals surface area contributed by atoms with Crippen molar-refractivity contribution in [2.24, 2.45) is 0 Å². The Bertz CT molecular complexity index is 551. The predicted octanol–water partition coefficient (Wildman–Crippen LogP) is 6.03. The summed E-state index contributed by atoms with van der Waals surface area (Å²) < 4.78 is 0. The van der Waals surface area contributed by atoms with Crippen molar-refractivity contribution < 1.29 is 9.59 Å². The Labute approximate surface area is 136 Å². The van der Waals surface area contributed by atoms with Gasteiger partial charge in [-0.2, -0.15) is 0 Å². The fourth-order valence-corrected chi connectivity index (χ4v) is 3.37. The molecule has 0 aliphatic carbocycles. The topological polar surface area (TPSA) is 34.1 Å². The fourth-order valence-electron chi connectivity index (χ4n) is 1.65. The molecule has 0 spiro atoms. The number of carbonyl (C=O) groups is 2. The maximum atomic E-state index is 12.2. The highest BCUT2D eigenvalue weighted by Crippen LogP contribution is 2.33. The summed E-state index contributed by atoms with van der Waals surface area (Å²) in [4.78, 5) is 27.1. The standard InChI is InChI=1S/C13H12O2S2.2C2H6/c1-7-4-5-11(14)13-10(6-8(2)17-13)12(15)9(3)16-7;2*1-2/h4,6H,3,5H2,1-2H3;2*1-2H3/b7-4-;;. The average Bonchev–Trinajstić information content (AvgIpc) is 2.90. The predicted molar refractivity (Wildman–Crippen MR) is 95.5 cm³/mol. The Morgan fingerprint density at radius 1 is 1.10 bits per heavy atom. The molecule has 0 saturated carbocycles. The van der Waals surface area contributed by atoms with Crippen molar-refractivity contribution in [2.75, 3.05) is 0 Å². The maximum absolute atomic E-state index is 12.2. The molecular formula is C17H24O2S2. The monoisotopic (exact) mass is 324 g/mol. The molecule has 4 heteroatoms. The van der Waals surface area contributed by atoms with Gasteiger partial charge in [-0.1, -0.05) is 52.1 Å². The second-order valence-corrected chi connectivity index (χ2v) is 6.49. The number of thioether (sulfide) groups is 1.